The average molecular weight is 329 g/mol. The van der Waals surface area contributed by atoms with E-state index in [0.717, 1.165) is 5.69 Å². The van der Waals surface area contributed by atoms with Crippen LogP contribution in [0, 0.1) is 12.7 Å². The quantitative estimate of drug-likeness (QED) is 0.936. The molecule has 0 aliphatic carbocycles. The van der Waals surface area contributed by atoms with Gasteiger partial charge in [-0.1, -0.05) is 12.1 Å². The maximum atomic E-state index is 13.7. The van der Waals surface area contributed by atoms with Crippen LogP contribution in [0.2, 0.25) is 0 Å². The van der Waals surface area contributed by atoms with Gasteiger partial charge < -0.3 is 5.32 Å². The number of nitrogens with one attached hydrogen (secondary N) is 1. The lowest BCUT2D eigenvalue weighted by atomic mass is 10.1. The molecule has 0 fully saturated rings. The van der Waals surface area contributed by atoms with E-state index in [0.29, 0.717) is 15.2 Å². The Morgan fingerprint density at radius 1 is 1.56 bits per heavy atom. The lowest BCUT2D eigenvalue weighted by Gasteiger charge is -2.04. The molecule has 0 aliphatic rings. The summed E-state index contributed by atoms with van der Waals surface area (Å²) in [4.78, 5) is 15.8. The third kappa shape index (κ3) is 3.14. The van der Waals surface area contributed by atoms with Crippen LogP contribution in [0.3, 0.4) is 0 Å². The van der Waals surface area contributed by atoms with Gasteiger partial charge in [-0.25, -0.2) is 9.37 Å². The largest absolute Gasteiger partial charge is 0.302 e. The number of carbonyl (C=O) groups excluding carboxylic acids is 1. The predicted molar refractivity (Wildman–Crippen MR) is 73.3 cm³/mol. The molecule has 0 unspecified atom stereocenters. The molecule has 1 aromatic carbocycles. The van der Waals surface area contributed by atoms with Crippen molar-refractivity contribution in [1.82, 2.24) is 4.98 Å². The van der Waals surface area contributed by atoms with Crippen molar-refractivity contribution < 1.29 is 9.18 Å². The summed E-state index contributed by atoms with van der Waals surface area (Å²) in [7, 11) is 0. The number of anilines is 1. The van der Waals surface area contributed by atoms with Crippen molar-refractivity contribution in [2.75, 3.05) is 5.32 Å². The number of carbonyl (C=O) groups is 1. The molecule has 0 spiro atoms. The monoisotopic (exact) mass is 328 g/mol. The first kappa shape index (κ1) is 13.2. The molecule has 1 N–H and O–H groups in total. The molecule has 2 aromatic rings. The highest BCUT2D eigenvalue weighted by atomic mass is 79.9. The second kappa shape index (κ2) is 5.58. The van der Waals surface area contributed by atoms with Crippen molar-refractivity contribution in [3.05, 3.63) is 45.1 Å². The Balaban J connectivity index is 2.05. The fourth-order valence-corrected chi connectivity index (χ4v) is 2.54. The van der Waals surface area contributed by atoms with Gasteiger partial charge in [-0.2, -0.15) is 0 Å². The summed E-state index contributed by atoms with van der Waals surface area (Å²) in [5.41, 5.74) is 1.21. The molecule has 1 amide bonds. The van der Waals surface area contributed by atoms with Gasteiger partial charge in [0.1, 0.15) is 5.82 Å². The van der Waals surface area contributed by atoms with Gasteiger partial charge >= 0.3 is 0 Å². The highest BCUT2D eigenvalue weighted by Gasteiger charge is 2.11. The summed E-state index contributed by atoms with van der Waals surface area (Å²) in [5.74, 6) is -0.677. The molecule has 0 aliphatic heterocycles. The van der Waals surface area contributed by atoms with Crippen molar-refractivity contribution in [2.24, 2.45) is 0 Å². The van der Waals surface area contributed by atoms with Crippen molar-refractivity contribution in [1.29, 1.82) is 0 Å². The predicted octanol–water partition coefficient (Wildman–Crippen LogP) is 3.53. The molecule has 0 saturated carbocycles. The first-order valence-electron chi connectivity index (χ1n) is 5.21. The Morgan fingerprint density at radius 3 is 3.00 bits per heavy atom. The minimum atomic E-state index is -0.400. The van der Waals surface area contributed by atoms with Crippen LogP contribution >= 0.6 is 27.3 Å². The van der Waals surface area contributed by atoms with Gasteiger partial charge in [-0.3, -0.25) is 4.79 Å². The number of amides is 1. The van der Waals surface area contributed by atoms with E-state index in [2.05, 4.69) is 26.2 Å². The number of hydrogen-bond donors (Lipinski definition) is 1. The second-order valence-corrected chi connectivity index (χ2v) is 5.44. The zero-order valence-electron chi connectivity index (χ0n) is 9.54. The molecular weight excluding hydrogens is 319 g/mol. The molecule has 1 aromatic heterocycles. The Hall–Kier alpha value is -1.27. The molecule has 2 rings (SSSR count). The number of aromatic nitrogens is 1. The molecular formula is C12H10BrFN2OS. The Kier molecular flexibility index (Phi) is 4.08. The van der Waals surface area contributed by atoms with E-state index in [9.17, 15) is 9.18 Å². The number of benzene rings is 1. The summed E-state index contributed by atoms with van der Waals surface area (Å²) < 4.78 is 14.0. The number of thiazole rings is 1. The van der Waals surface area contributed by atoms with Gasteiger partial charge in [0.25, 0.3) is 0 Å². The van der Waals surface area contributed by atoms with Crippen LogP contribution in [0.15, 0.2) is 28.1 Å². The lowest BCUT2D eigenvalue weighted by molar-refractivity contribution is -0.115. The highest BCUT2D eigenvalue weighted by Crippen LogP contribution is 2.20. The topological polar surface area (TPSA) is 42.0 Å². The summed E-state index contributed by atoms with van der Waals surface area (Å²) >= 11 is 4.44. The van der Waals surface area contributed by atoms with Crippen molar-refractivity contribution in [2.45, 2.75) is 13.3 Å². The van der Waals surface area contributed by atoms with Crippen molar-refractivity contribution in [3.8, 4) is 0 Å². The number of nitrogens with zero attached hydrogens (tertiary/aromatic N) is 1. The smallest absolute Gasteiger partial charge is 0.230 e. The van der Waals surface area contributed by atoms with E-state index in [-0.39, 0.29) is 12.3 Å². The first-order valence-corrected chi connectivity index (χ1v) is 6.88. The van der Waals surface area contributed by atoms with E-state index in [4.69, 9.17) is 0 Å². The van der Waals surface area contributed by atoms with Crippen LogP contribution in [-0.2, 0) is 11.2 Å². The standard InChI is InChI=1S/C12H10BrFN2OS/c1-7-6-18-12(15-7)16-10(17)5-8-3-2-4-9(13)11(8)14/h2-4,6H,5H2,1H3,(H,15,16,17). The first-order chi connectivity index (χ1) is 8.56. The summed E-state index contributed by atoms with van der Waals surface area (Å²) in [6.07, 6.45) is -0.0100. The van der Waals surface area contributed by atoms with Gasteiger partial charge in [0.05, 0.1) is 16.6 Å². The Bertz CT molecular complexity index is 585. The highest BCUT2D eigenvalue weighted by molar-refractivity contribution is 9.10. The van der Waals surface area contributed by atoms with Gasteiger partial charge in [0, 0.05) is 5.38 Å². The molecule has 0 atom stereocenters. The zero-order valence-corrected chi connectivity index (χ0v) is 11.9. The maximum Gasteiger partial charge on any atom is 0.230 e. The second-order valence-electron chi connectivity index (χ2n) is 3.73. The summed E-state index contributed by atoms with van der Waals surface area (Å²) in [5, 5.41) is 5.02. The molecule has 3 nitrogen and oxygen atoms in total. The fraction of sp³-hybridized carbons (Fsp3) is 0.167. The van der Waals surface area contributed by atoms with Gasteiger partial charge in [0.15, 0.2) is 5.13 Å². The lowest BCUT2D eigenvalue weighted by Crippen LogP contribution is -2.15. The van der Waals surface area contributed by atoms with Crippen LogP contribution in [0.5, 0.6) is 0 Å². The van der Waals surface area contributed by atoms with Gasteiger partial charge in [-0.15, -0.1) is 11.3 Å². The third-order valence-corrected chi connectivity index (χ3v) is 3.74. The minimum absolute atomic E-state index is 0.0100. The SMILES string of the molecule is Cc1csc(NC(=O)Cc2cccc(Br)c2F)n1. The van der Waals surface area contributed by atoms with Gasteiger partial charge in [0.2, 0.25) is 5.91 Å². The van der Waals surface area contributed by atoms with Crippen LogP contribution in [0.4, 0.5) is 9.52 Å². The van der Waals surface area contributed by atoms with Crippen LogP contribution in [-0.4, -0.2) is 10.9 Å². The van der Waals surface area contributed by atoms with E-state index < -0.39 is 5.82 Å². The number of halogens is 2. The summed E-state index contributed by atoms with van der Waals surface area (Å²) in [6.45, 7) is 1.85. The Morgan fingerprint density at radius 2 is 2.33 bits per heavy atom. The van der Waals surface area contributed by atoms with E-state index >= 15 is 0 Å². The number of hydrogen-bond acceptors (Lipinski definition) is 3. The summed E-state index contributed by atoms with van der Waals surface area (Å²) in [6, 6.07) is 4.89. The number of rotatable bonds is 3. The minimum Gasteiger partial charge on any atom is -0.302 e. The van der Waals surface area contributed by atoms with Gasteiger partial charge in [-0.05, 0) is 34.5 Å². The van der Waals surface area contributed by atoms with Crippen molar-refractivity contribution in [3.63, 3.8) is 0 Å². The van der Waals surface area contributed by atoms with Crippen molar-refractivity contribution >= 4 is 38.3 Å². The molecule has 0 bridgehead atoms. The fourth-order valence-electron chi connectivity index (χ4n) is 1.43. The molecule has 0 saturated heterocycles. The van der Waals surface area contributed by atoms with Crippen LogP contribution in [0.1, 0.15) is 11.3 Å². The maximum absolute atomic E-state index is 13.7. The Labute approximate surface area is 116 Å². The third-order valence-electron chi connectivity index (χ3n) is 2.25. The molecule has 18 heavy (non-hydrogen) atoms. The van der Waals surface area contributed by atoms with E-state index in [1.54, 1.807) is 18.2 Å². The molecule has 94 valence electrons. The zero-order chi connectivity index (χ0) is 13.1. The molecule has 0 radical (unpaired) electrons. The molecule has 6 heteroatoms. The van der Waals surface area contributed by atoms with Crippen LogP contribution in [0.25, 0.3) is 0 Å². The normalized spacial score (nSPS) is 10.4. The average Bonchev–Trinajstić information content (AvgIpc) is 2.70. The molecule has 1 heterocycles. The van der Waals surface area contributed by atoms with E-state index in [1.165, 1.54) is 11.3 Å². The number of aryl methyl sites for hydroxylation is 1. The van der Waals surface area contributed by atoms with E-state index in [1.807, 2.05) is 12.3 Å². The van der Waals surface area contributed by atoms with Crippen LogP contribution < -0.4 is 5.32 Å².